The van der Waals surface area contributed by atoms with Gasteiger partial charge in [-0.05, 0) is 12.3 Å². The molecule has 0 aliphatic rings. The van der Waals surface area contributed by atoms with Crippen LogP contribution in [0, 0.1) is 0 Å². The van der Waals surface area contributed by atoms with Gasteiger partial charge in [0.25, 0.3) is 0 Å². The van der Waals surface area contributed by atoms with Crippen molar-refractivity contribution in [2.75, 3.05) is 18.1 Å². The second-order valence-corrected chi connectivity index (χ2v) is 8.74. The Labute approximate surface area is 97.3 Å². The Hall–Kier alpha value is -0.0100. The molecule has 0 spiro atoms. The fourth-order valence-electron chi connectivity index (χ4n) is 1.47. The summed E-state index contributed by atoms with van der Waals surface area (Å²) in [6.07, 6.45) is 3.54. The van der Waals surface area contributed by atoms with Crippen LogP contribution in [0.15, 0.2) is 12.7 Å². The third-order valence-electron chi connectivity index (χ3n) is 2.70. The zero-order valence-corrected chi connectivity index (χ0v) is 11.6. The van der Waals surface area contributed by atoms with E-state index < -0.39 is 7.14 Å². The van der Waals surface area contributed by atoms with Crippen LogP contribution in [0.2, 0.25) is 0 Å². The Kier molecular flexibility index (Phi) is 7.29. The van der Waals surface area contributed by atoms with Crippen LogP contribution < -0.4 is 0 Å². The lowest BCUT2D eigenvalue weighted by molar-refractivity contribution is -0.110. The van der Waals surface area contributed by atoms with Crippen molar-refractivity contribution >= 4 is 24.0 Å². The van der Waals surface area contributed by atoms with Crippen molar-refractivity contribution < 1.29 is 9.36 Å². The molecule has 0 aromatic heterocycles. The first-order valence-electron chi connectivity index (χ1n) is 5.34. The molecule has 2 nitrogen and oxygen atoms in total. The molecule has 0 aliphatic carbocycles. The lowest BCUT2D eigenvalue weighted by Gasteiger charge is -2.21. The molecule has 88 valence electrons. The van der Waals surface area contributed by atoms with Crippen molar-refractivity contribution in [3.05, 3.63) is 12.7 Å². The van der Waals surface area contributed by atoms with E-state index in [0.29, 0.717) is 24.5 Å². The maximum absolute atomic E-state index is 12.3. The van der Waals surface area contributed by atoms with Gasteiger partial charge in [0.1, 0.15) is 0 Å². The minimum absolute atomic E-state index is 0.0253. The minimum Gasteiger partial charge on any atom is -0.323 e. The number of rotatable bonds is 7. The van der Waals surface area contributed by atoms with Crippen molar-refractivity contribution in [3.63, 3.8) is 0 Å². The maximum atomic E-state index is 12.3. The van der Waals surface area contributed by atoms with Gasteiger partial charge in [-0.1, -0.05) is 38.6 Å². The summed E-state index contributed by atoms with van der Waals surface area (Å²) in [7, 11) is -2.12. The molecule has 4 heteroatoms. The summed E-state index contributed by atoms with van der Waals surface area (Å²) in [5, 5.41) is 0.129. The van der Waals surface area contributed by atoms with E-state index in [0.717, 1.165) is 0 Å². The van der Waals surface area contributed by atoms with Crippen LogP contribution in [0.25, 0.3) is 0 Å². The Balaban J connectivity index is 4.22. The largest absolute Gasteiger partial charge is 0.323 e. The van der Waals surface area contributed by atoms with Gasteiger partial charge in [0.05, 0.1) is 7.14 Å². The van der Waals surface area contributed by atoms with Gasteiger partial charge in [0.2, 0.25) is 0 Å². The lowest BCUT2D eigenvalue weighted by Crippen LogP contribution is -2.12. The predicted octanol–water partition coefficient (Wildman–Crippen LogP) is 3.61. The van der Waals surface area contributed by atoms with Gasteiger partial charge in [-0.15, -0.1) is 6.58 Å². The fourth-order valence-corrected chi connectivity index (χ4v) is 4.45. The van der Waals surface area contributed by atoms with Gasteiger partial charge < -0.3 is 4.57 Å². The van der Waals surface area contributed by atoms with Crippen LogP contribution in [-0.2, 0) is 9.36 Å². The number of hydrogen-bond donors (Lipinski definition) is 0. The van der Waals surface area contributed by atoms with Crippen molar-refractivity contribution in [1.82, 2.24) is 0 Å². The zero-order chi connectivity index (χ0) is 11.9. The third-order valence-corrected chi connectivity index (χ3v) is 7.52. The van der Waals surface area contributed by atoms with E-state index in [-0.39, 0.29) is 10.8 Å². The van der Waals surface area contributed by atoms with Crippen LogP contribution in [0.3, 0.4) is 0 Å². The Morgan fingerprint density at radius 2 is 2.00 bits per heavy atom. The van der Waals surface area contributed by atoms with Crippen LogP contribution >= 0.6 is 18.9 Å². The molecule has 0 rings (SSSR count). The van der Waals surface area contributed by atoms with Gasteiger partial charge in [-0.25, -0.2) is 0 Å². The summed E-state index contributed by atoms with van der Waals surface area (Å²) in [6.45, 7) is 9.39. The molecule has 0 saturated carbocycles. The molecule has 0 amide bonds. The molecule has 0 bridgehead atoms. The molecule has 1 unspecified atom stereocenters. The number of hydrogen-bond acceptors (Lipinski definition) is 3. The van der Waals surface area contributed by atoms with E-state index >= 15 is 0 Å². The smallest absolute Gasteiger partial charge is 0.189 e. The molecule has 0 aromatic rings. The van der Waals surface area contributed by atoms with Crippen LogP contribution in [0.5, 0.6) is 0 Å². The maximum Gasteiger partial charge on any atom is 0.189 e. The summed E-state index contributed by atoms with van der Waals surface area (Å²) in [6, 6.07) is 0. The van der Waals surface area contributed by atoms with E-state index in [1.807, 2.05) is 20.8 Å². The van der Waals surface area contributed by atoms with E-state index in [1.54, 1.807) is 6.08 Å². The van der Waals surface area contributed by atoms with E-state index in [4.69, 9.17) is 0 Å². The molecule has 0 fully saturated rings. The highest BCUT2D eigenvalue weighted by Crippen LogP contribution is 2.51. The van der Waals surface area contributed by atoms with Crippen molar-refractivity contribution in [2.24, 2.45) is 0 Å². The van der Waals surface area contributed by atoms with Crippen molar-refractivity contribution in [1.29, 1.82) is 0 Å². The van der Waals surface area contributed by atoms with Gasteiger partial charge >= 0.3 is 0 Å². The number of carbonyl (C=O) groups excluding carboxylic acids is 1. The van der Waals surface area contributed by atoms with Gasteiger partial charge in [0, 0.05) is 17.8 Å². The molecule has 0 aliphatic heterocycles. The number of carbonyl (C=O) groups is 1. The second-order valence-electron chi connectivity index (χ2n) is 3.61. The molecule has 15 heavy (non-hydrogen) atoms. The highest BCUT2D eigenvalue weighted by Gasteiger charge is 2.27. The van der Waals surface area contributed by atoms with E-state index in [1.165, 1.54) is 11.8 Å². The average molecular weight is 248 g/mol. The molecule has 0 saturated heterocycles. The Bertz CT molecular complexity index is 255. The van der Waals surface area contributed by atoms with Crippen molar-refractivity contribution in [3.8, 4) is 0 Å². The monoisotopic (exact) mass is 248 g/mol. The van der Waals surface area contributed by atoms with Gasteiger partial charge in [0.15, 0.2) is 5.12 Å². The van der Waals surface area contributed by atoms with Crippen LogP contribution in [0.1, 0.15) is 27.2 Å². The first-order valence-corrected chi connectivity index (χ1v) is 8.47. The fraction of sp³-hybridized carbons (Fsp3) is 0.727. The highest BCUT2D eigenvalue weighted by atomic mass is 32.2. The van der Waals surface area contributed by atoms with E-state index in [9.17, 15) is 9.36 Å². The van der Waals surface area contributed by atoms with Gasteiger partial charge in [-0.3, -0.25) is 4.79 Å². The van der Waals surface area contributed by atoms with Crippen molar-refractivity contribution in [2.45, 2.75) is 32.9 Å². The normalized spacial score (nSPS) is 13.5. The van der Waals surface area contributed by atoms with Crippen LogP contribution in [0.4, 0.5) is 0 Å². The number of thioether (sulfide) groups is 1. The zero-order valence-electron chi connectivity index (χ0n) is 9.86. The Morgan fingerprint density at radius 1 is 1.47 bits per heavy atom. The standard InChI is InChI=1S/C11H21O2PS/c1-5-8-15-11(12)9-10(4)14(13,6-2)7-3/h5,10H,1,6-9H2,2-4H3. The van der Waals surface area contributed by atoms with E-state index in [2.05, 4.69) is 6.58 Å². The van der Waals surface area contributed by atoms with Gasteiger partial charge in [-0.2, -0.15) is 0 Å². The molecular formula is C11H21O2PS. The average Bonchev–Trinajstić information content (AvgIpc) is 2.24. The topological polar surface area (TPSA) is 34.1 Å². The third kappa shape index (κ3) is 5.03. The summed E-state index contributed by atoms with van der Waals surface area (Å²) in [5.41, 5.74) is 0.0253. The first kappa shape index (κ1) is 15.0. The molecular weight excluding hydrogens is 227 g/mol. The molecule has 0 aromatic carbocycles. The van der Waals surface area contributed by atoms with Crippen LogP contribution in [-0.4, -0.2) is 28.9 Å². The summed E-state index contributed by atoms with van der Waals surface area (Å²) >= 11 is 1.26. The molecule has 0 heterocycles. The summed E-state index contributed by atoms with van der Waals surface area (Å²) < 4.78 is 12.3. The quantitative estimate of drug-likeness (QED) is 0.510. The predicted molar refractivity (Wildman–Crippen MR) is 70.4 cm³/mol. The summed E-state index contributed by atoms with van der Waals surface area (Å²) in [4.78, 5) is 11.5. The first-order chi connectivity index (χ1) is 7.00. The molecule has 0 N–H and O–H groups in total. The molecule has 0 radical (unpaired) electrons. The summed E-state index contributed by atoms with van der Waals surface area (Å²) in [5.74, 6) is 0.647. The lowest BCUT2D eigenvalue weighted by atomic mass is 10.4. The SMILES string of the molecule is C=CCSC(=O)CC(C)P(=O)(CC)CC. The molecule has 1 atom stereocenters. The highest BCUT2D eigenvalue weighted by molar-refractivity contribution is 8.13. The second kappa shape index (κ2) is 7.29. The minimum atomic E-state index is -2.12. The Morgan fingerprint density at radius 3 is 2.40 bits per heavy atom.